The van der Waals surface area contributed by atoms with Gasteiger partial charge < -0.3 is 19.4 Å². The summed E-state index contributed by atoms with van der Waals surface area (Å²) in [7, 11) is 0. The van der Waals surface area contributed by atoms with E-state index in [0.29, 0.717) is 5.88 Å². The number of rotatable bonds is 4. The summed E-state index contributed by atoms with van der Waals surface area (Å²) in [5.41, 5.74) is 1.50. The van der Waals surface area contributed by atoms with Crippen LogP contribution in [0.4, 0.5) is 0 Å². The third kappa shape index (κ3) is 3.20. The molecule has 1 fully saturated rings. The molecule has 1 saturated heterocycles. The fraction of sp³-hybridized carbons (Fsp3) is 0.350. The van der Waals surface area contributed by atoms with Gasteiger partial charge in [-0.1, -0.05) is 0 Å². The van der Waals surface area contributed by atoms with Crippen molar-refractivity contribution in [3.8, 4) is 0 Å². The Bertz CT molecular complexity index is 951. The Balaban J connectivity index is 1.70. The predicted molar refractivity (Wildman–Crippen MR) is 99.2 cm³/mol. The van der Waals surface area contributed by atoms with Crippen LogP contribution in [-0.2, 0) is 19.1 Å². The van der Waals surface area contributed by atoms with Gasteiger partial charge in [-0.2, -0.15) is 0 Å². The first kappa shape index (κ1) is 17.3. The Morgan fingerprint density at radius 2 is 2.19 bits per heavy atom. The third-order valence-electron chi connectivity index (χ3n) is 4.76. The number of ketones is 1. The second kappa shape index (κ2) is 7.26. The number of likely N-dealkylation sites (tertiary alicyclic amines) is 1. The molecule has 0 aliphatic carbocycles. The van der Waals surface area contributed by atoms with Crippen LogP contribution >= 0.6 is 0 Å². The molecule has 0 spiro atoms. The maximum absolute atomic E-state index is 12.9. The zero-order valence-corrected chi connectivity index (χ0v) is 15.2. The highest BCUT2D eigenvalue weighted by Gasteiger charge is 2.39. The highest BCUT2D eigenvalue weighted by atomic mass is 16.5. The van der Waals surface area contributed by atoms with E-state index in [1.54, 1.807) is 25.4 Å². The van der Waals surface area contributed by atoms with E-state index in [1.165, 1.54) is 0 Å². The molecular weight excluding hydrogens is 346 g/mol. The fourth-order valence-corrected chi connectivity index (χ4v) is 3.46. The zero-order chi connectivity index (χ0) is 18.8. The van der Waals surface area contributed by atoms with Crippen LogP contribution in [0.5, 0.6) is 0 Å². The van der Waals surface area contributed by atoms with Crippen molar-refractivity contribution in [3.63, 3.8) is 0 Å². The second-order valence-corrected chi connectivity index (χ2v) is 6.53. The van der Waals surface area contributed by atoms with Gasteiger partial charge in [0, 0.05) is 36.4 Å². The summed E-state index contributed by atoms with van der Waals surface area (Å²) >= 11 is 0. The van der Waals surface area contributed by atoms with E-state index in [0.717, 1.165) is 48.9 Å². The SMILES string of the molecule is CCOC(=O)C1=C(N2CCCCC2)O/C(=C\c2c[nH]c3ncccc23)C1=O. The predicted octanol–water partition coefficient (Wildman–Crippen LogP) is 2.76. The van der Waals surface area contributed by atoms with Gasteiger partial charge in [0.1, 0.15) is 5.65 Å². The standard InChI is InChI=1S/C20H21N3O4/c1-2-26-20(25)16-17(24)15(27-19(16)23-9-4-3-5-10-23)11-13-12-22-18-14(13)7-6-8-21-18/h6-8,11-12H,2-5,9-10H2,1H3,(H,21,22)/b15-11-. The number of H-pyrrole nitrogens is 1. The van der Waals surface area contributed by atoms with Crippen molar-refractivity contribution in [2.45, 2.75) is 26.2 Å². The lowest BCUT2D eigenvalue weighted by molar-refractivity contribution is -0.139. The third-order valence-corrected chi connectivity index (χ3v) is 4.76. The normalized spacial score (nSPS) is 19.1. The van der Waals surface area contributed by atoms with Crippen LogP contribution in [0.2, 0.25) is 0 Å². The van der Waals surface area contributed by atoms with Crippen molar-refractivity contribution in [3.05, 3.63) is 47.3 Å². The number of pyridine rings is 1. The van der Waals surface area contributed by atoms with E-state index in [2.05, 4.69) is 9.97 Å². The van der Waals surface area contributed by atoms with Crippen LogP contribution in [0.25, 0.3) is 17.1 Å². The molecular formula is C20H21N3O4. The highest BCUT2D eigenvalue weighted by molar-refractivity contribution is 6.26. The number of piperidine rings is 1. The molecule has 27 heavy (non-hydrogen) atoms. The van der Waals surface area contributed by atoms with Crippen molar-refractivity contribution >= 4 is 28.9 Å². The van der Waals surface area contributed by atoms with Crippen LogP contribution in [0.15, 0.2) is 41.7 Å². The van der Waals surface area contributed by atoms with Gasteiger partial charge >= 0.3 is 5.97 Å². The van der Waals surface area contributed by atoms with Gasteiger partial charge in [0.15, 0.2) is 11.3 Å². The van der Waals surface area contributed by atoms with E-state index in [-0.39, 0.29) is 17.9 Å². The van der Waals surface area contributed by atoms with E-state index in [4.69, 9.17) is 9.47 Å². The number of carbonyl (C=O) groups excluding carboxylic acids is 2. The summed E-state index contributed by atoms with van der Waals surface area (Å²) in [4.78, 5) is 34.6. The number of fused-ring (bicyclic) bond motifs is 1. The molecule has 4 heterocycles. The van der Waals surface area contributed by atoms with Gasteiger partial charge in [0.2, 0.25) is 11.7 Å². The Kier molecular flexibility index (Phi) is 4.66. The maximum atomic E-state index is 12.9. The average Bonchev–Trinajstić information content (AvgIpc) is 3.25. The minimum absolute atomic E-state index is 0.0111. The number of allylic oxidation sites excluding steroid dienone is 1. The molecule has 7 nitrogen and oxygen atoms in total. The van der Waals surface area contributed by atoms with Crippen LogP contribution in [0, 0.1) is 0 Å². The lowest BCUT2D eigenvalue weighted by Crippen LogP contribution is -2.31. The van der Waals surface area contributed by atoms with Gasteiger partial charge in [0.05, 0.1) is 6.61 Å². The Hall–Kier alpha value is -3.09. The number of aromatic nitrogens is 2. The maximum Gasteiger partial charge on any atom is 0.347 e. The molecule has 0 radical (unpaired) electrons. The number of esters is 1. The highest BCUT2D eigenvalue weighted by Crippen LogP contribution is 2.32. The summed E-state index contributed by atoms with van der Waals surface area (Å²) < 4.78 is 11.0. The van der Waals surface area contributed by atoms with Crippen molar-refractivity contribution in [1.29, 1.82) is 0 Å². The number of aromatic amines is 1. The first-order chi connectivity index (χ1) is 13.2. The summed E-state index contributed by atoms with van der Waals surface area (Å²) in [5.74, 6) is -0.620. The molecule has 7 heteroatoms. The summed E-state index contributed by atoms with van der Waals surface area (Å²) in [6, 6.07) is 3.74. The van der Waals surface area contributed by atoms with Crippen LogP contribution < -0.4 is 0 Å². The topological polar surface area (TPSA) is 84.5 Å². The van der Waals surface area contributed by atoms with E-state index in [9.17, 15) is 9.59 Å². The Morgan fingerprint density at radius 3 is 2.96 bits per heavy atom. The Labute approximate surface area is 156 Å². The first-order valence-corrected chi connectivity index (χ1v) is 9.21. The quantitative estimate of drug-likeness (QED) is 0.508. The molecule has 2 aromatic rings. The number of nitrogens with zero attached hydrogens (tertiary/aromatic N) is 2. The summed E-state index contributed by atoms with van der Waals surface area (Å²) in [6.45, 7) is 3.44. The first-order valence-electron chi connectivity index (χ1n) is 9.21. The molecule has 4 rings (SSSR count). The zero-order valence-electron chi connectivity index (χ0n) is 15.2. The number of nitrogens with one attached hydrogen (secondary N) is 1. The lowest BCUT2D eigenvalue weighted by Gasteiger charge is -2.28. The number of carbonyl (C=O) groups is 2. The largest absolute Gasteiger partial charge is 0.462 e. The minimum atomic E-state index is -0.632. The number of ether oxygens (including phenoxy) is 2. The molecule has 0 amide bonds. The smallest absolute Gasteiger partial charge is 0.347 e. The van der Waals surface area contributed by atoms with Crippen molar-refractivity contribution in [2.24, 2.45) is 0 Å². The van der Waals surface area contributed by atoms with Crippen molar-refractivity contribution < 1.29 is 19.1 Å². The molecule has 1 N–H and O–H groups in total. The van der Waals surface area contributed by atoms with E-state index < -0.39 is 11.8 Å². The van der Waals surface area contributed by atoms with Gasteiger partial charge in [-0.3, -0.25) is 4.79 Å². The van der Waals surface area contributed by atoms with Gasteiger partial charge in [0.25, 0.3) is 0 Å². The summed E-state index contributed by atoms with van der Waals surface area (Å²) in [6.07, 6.45) is 8.26. The molecule has 0 saturated carbocycles. The van der Waals surface area contributed by atoms with Crippen molar-refractivity contribution in [2.75, 3.05) is 19.7 Å². The van der Waals surface area contributed by atoms with Crippen LogP contribution in [0.1, 0.15) is 31.7 Å². The molecule has 0 unspecified atom stereocenters. The molecule has 2 aliphatic rings. The molecule has 0 aromatic carbocycles. The molecule has 140 valence electrons. The number of hydrogen-bond acceptors (Lipinski definition) is 6. The van der Waals surface area contributed by atoms with Gasteiger partial charge in [-0.25, -0.2) is 9.78 Å². The fourth-order valence-electron chi connectivity index (χ4n) is 3.46. The molecule has 0 atom stereocenters. The monoisotopic (exact) mass is 367 g/mol. The second-order valence-electron chi connectivity index (χ2n) is 6.53. The molecule has 2 aromatic heterocycles. The van der Waals surface area contributed by atoms with Crippen LogP contribution in [0.3, 0.4) is 0 Å². The Morgan fingerprint density at radius 1 is 1.37 bits per heavy atom. The van der Waals surface area contributed by atoms with Gasteiger partial charge in [-0.15, -0.1) is 0 Å². The summed E-state index contributed by atoms with van der Waals surface area (Å²) in [5, 5.41) is 0.880. The van der Waals surface area contributed by atoms with Gasteiger partial charge in [-0.05, 0) is 44.4 Å². The number of Topliss-reactive ketones (excluding diaryl/α,β-unsaturated/α-hetero) is 1. The number of hydrogen-bond donors (Lipinski definition) is 1. The molecule has 0 bridgehead atoms. The minimum Gasteiger partial charge on any atom is -0.462 e. The molecule has 2 aliphatic heterocycles. The van der Waals surface area contributed by atoms with E-state index in [1.807, 2.05) is 17.0 Å². The lowest BCUT2D eigenvalue weighted by atomic mass is 10.1. The van der Waals surface area contributed by atoms with E-state index >= 15 is 0 Å². The van der Waals surface area contributed by atoms with Crippen molar-refractivity contribution in [1.82, 2.24) is 14.9 Å². The van der Waals surface area contributed by atoms with Crippen LogP contribution in [-0.4, -0.2) is 46.3 Å². The average molecular weight is 367 g/mol.